The zero-order chi connectivity index (χ0) is 22.5. The fourth-order valence-electron chi connectivity index (χ4n) is 4.40. The molecule has 2 aromatic heterocycles. The van der Waals surface area contributed by atoms with E-state index in [9.17, 15) is 0 Å². The highest BCUT2D eigenvalue weighted by atomic mass is 16.5. The Kier molecular flexibility index (Phi) is 6.46. The molecule has 1 aliphatic heterocycles. The van der Waals surface area contributed by atoms with E-state index in [4.69, 9.17) is 9.15 Å². The smallest absolute Gasteiger partial charge is 0.173 e. The number of methoxy groups -OCH3 is 1. The number of hydrogen-bond donors (Lipinski definition) is 0. The molecule has 1 aliphatic rings. The Hall–Kier alpha value is -3.49. The third-order valence-electron chi connectivity index (χ3n) is 6.14. The molecule has 0 N–H and O–H groups in total. The van der Waals surface area contributed by atoms with Crippen molar-refractivity contribution in [1.29, 1.82) is 0 Å². The topological polar surface area (TPSA) is 72.4 Å². The number of piperazine rings is 1. The van der Waals surface area contributed by atoms with Crippen molar-refractivity contribution < 1.29 is 9.15 Å². The van der Waals surface area contributed by atoms with Gasteiger partial charge >= 0.3 is 0 Å². The predicted molar refractivity (Wildman–Crippen MR) is 124 cm³/mol. The lowest BCUT2D eigenvalue weighted by molar-refractivity contribution is 0.100. The van der Waals surface area contributed by atoms with Crippen molar-refractivity contribution in [2.45, 2.75) is 19.1 Å². The van der Waals surface area contributed by atoms with Crippen LogP contribution in [0.3, 0.4) is 0 Å². The molecule has 170 valence electrons. The Bertz CT molecular complexity index is 1120. The van der Waals surface area contributed by atoms with Crippen LogP contribution < -0.4 is 4.74 Å². The molecule has 1 atom stereocenters. The van der Waals surface area contributed by atoms with Crippen molar-refractivity contribution in [1.82, 2.24) is 30.0 Å². The fraction of sp³-hybridized carbons (Fsp3) is 0.320. The normalized spacial score (nSPS) is 16.0. The molecule has 8 heteroatoms. The van der Waals surface area contributed by atoms with Crippen LogP contribution in [0.5, 0.6) is 5.75 Å². The van der Waals surface area contributed by atoms with Gasteiger partial charge in [0.25, 0.3) is 0 Å². The molecular weight excluding hydrogens is 416 g/mol. The predicted octanol–water partition coefficient (Wildman–Crippen LogP) is 3.23. The van der Waals surface area contributed by atoms with Crippen LogP contribution in [-0.4, -0.2) is 63.3 Å². The van der Waals surface area contributed by atoms with Crippen LogP contribution in [-0.2, 0) is 13.1 Å². The average Bonchev–Trinajstić information content (AvgIpc) is 3.54. The number of furan rings is 1. The van der Waals surface area contributed by atoms with Crippen LogP contribution in [0.25, 0.3) is 0 Å². The molecule has 1 saturated heterocycles. The third kappa shape index (κ3) is 4.97. The van der Waals surface area contributed by atoms with Crippen LogP contribution in [0.1, 0.15) is 28.8 Å². The first-order chi connectivity index (χ1) is 16.3. The van der Waals surface area contributed by atoms with Gasteiger partial charge in [-0.2, -0.15) is 0 Å². The second-order valence-corrected chi connectivity index (χ2v) is 8.25. The highest BCUT2D eigenvalue weighted by molar-refractivity contribution is 5.32. The summed E-state index contributed by atoms with van der Waals surface area (Å²) in [5, 5.41) is 12.7. The molecule has 33 heavy (non-hydrogen) atoms. The lowest BCUT2D eigenvalue weighted by Crippen LogP contribution is -2.48. The van der Waals surface area contributed by atoms with Gasteiger partial charge in [0.2, 0.25) is 0 Å². The zero-order valence-electron chi connectivity index (χ0n) is 18.7. The van der Waals surface area contributed by atoms with Gasteiger partial charge in [-0.25, -0.2) is 4.68 Å². The molecule has 8 nitrogen and oxygen atoms in total. The Morgan fingerprint density at radius 1 is 0.909 bits per heavy atom. The number of rotatable bonds is 8. The number of tetrazole rings is 1. The quantitative estimate of drug-likeness (QED) is 0.413. The summed E-state index contributed by atoms with van der Waals surface area (Å²) in [5.41, 5.74) is 2.49. The van der Waals surface area contributed by atoms with Crippen LogP contribution >= 0.6 is 0 Å². The van der Waals surface area contributed by atoms with Crippen molar-refractivity contribution in [3.63, 3.8) is 0 Å². The molecule has 2 aromatic carbocycles. The summed E-state index contributed by atoms with van der Waals surface area (Å²) < 4.78 is 12.7. The molecule has 0 aliphatic carbocycles. The Morgan fingerprint density at radius 2 is 1.70 bits per heavy atom. The first-order valence-corrected chi connectivity index (χ1v) is 11.2. The molecule has 4 aromatic rings. The molecule has 0 spiro atoms. The van der Waals surface area contributed by atoms with Gasteiger partial charge in [-0.1, -0.05) is 42.5 Å². The van der Waals surface area contributed by atoms with Crippen LogP contribution in [0.15, 0.2) is 77.4 Å². The highest BCUT2D eigenvalue weighted by Gasteiger charge is 2.31. The number of benzene rings is 2. The largest absolute Gasteiger partial charge is 0.497 e. The van der Waals surface area contributed by atoms with Gasteiger partial charge in [0.15, 0.2) is 5.82 Å². The molecule has 3 heterocycles. The maximum Gasteiger partial charge on any atom is 0.173 e. The minimum atomic E-state index is -0.0558. The first-order valence-electron chi connectivity index (χ1n) is 11.2. The van der Waals surface area contributed by atoms with Crippen molar-refractivity contribution >= 4 is 0 Å². The molecule has 5 rings (SSSR count). The van der Waals surface area contributed by atoms with E-state index in [0.717, 1.165) is 55.6 Å². The zero-order valence-corrected chi connectivity index (χ0v) is 18.7. The Labute approximate surface area is 193 Å². The molecule has 0 amide bonds. The molecule has 0 radical (unpaired) electrons. The van der Waals surface area contributed by atoms with E-state index in [1.165, 1.54) is 5.56 Å². The van der Waals surface area contributed by atoms with Gasteiger partial charge in [-0.3, -0.25) is 9.80 Å². The second kappa shape index (κ2) is 9.97. The summed E-state index contributed by atoms with van der Waals surface area (Å²) in [6.07, 6.45) is 1.67. The van der Waals surface area contributed by atoms with Crippen LogP contribution in [0.4, 0.5) is 0 Å². The highest BCUT2D eigenvalue weighted by Crippen LogP contribution is 2.30. The summed E-state index contributed by atoms with van der Waals surface area (Å²) in [6, 6.07) is 22.6. The summed E-state index contributed by atoms with van der Waals surface area (Å²) in [4.78, 5) is 4.97. The van der Waals surface area contributed by atoms with Gasteiger partial charge in [-0.15, -0.1) is 5.10 Å². The van der Waals surface area contributed by atoms with E-state index in [0.29, 0.717) is 6.54 Å². The van der Waals surface area contributed by atoms with Gasteiger partial charge in [-0.05, 0) is 45.8 Å². The molecule has 0 bridgehead atoms. The minimum absolute atomic E-state index is 0.0558. The monoisotopic (exact) mass is 444 g/mol. The van der Waals surface area contributed by atoms with Crippen molar-refractivity contribution in [3.8, 4) is 5.75 Å². The second-order valence-electron chi connectivity index (χ2n) is 8.25. The van der Waals surface area contributed by atoms with E-state index >= 15 is 0 Å². The number of nitrogens with zero attached hydrogens (tertiary/aromatic N) is 6. The molecule has 0 saturated carbocycles. The first kappa shape index (κ1) is 21.4. The van der Waals surface area contributed by atoms with Gasteiger partial charge in [0.05, 0.1) is 19.4 Å². The summed E-state index contributed by atoms with van der Waals surface area (Å²) >= 11 is 0. The van der Waals surface area contributed by atoms with Crippen LogP contribution in [0.2, 0.25) is 0 Å². The van der Waals surface area contributed by atoms with E-state index in [-0.39, 0.29) is 6.04 Å². The maximum atomic E-state index is 5.54. The van der Waals surface area contributed by atoms with Crippen LogP contribution in [0, 0.1) is 0 Å². The van der Waals surface area contributed by atoms with E-state index < -0.39 is 0 Å². The van der Waals surface area contributed by atoms with E-state index in [1.54, 1.807) is 13.4 Å². The fourth-order valence-corrected chi connectivity index (χ4v) is 4.40. The SMILES string of the molecule is COc1ccc(C(c2nnnn2Cc2ccco2)N2CCN(Cc3ccccc3)CC2)cc1. The van der Waals surface area contributed by atoms with Gasteiger partial charge in [0.1, 0.15) is 18.1 Å². The Balaban J connectivity index is 1.38. The van der Waals surface area contributed by atoms with Gasteiger partial charge in [0, 0.05) is 32.7 Å². The van der Waals surface area contributed by atoms with Crippen molar-refractivity contribution in [3.05, 3.63) is 95.7 Å². The minimum Gasteiger partial charge on any atom is -0.497 e. The van der Waals surface area contributed by atoms with Crippen molar-refractivity contribution in [2.24, 2.45) is 0 Å². The average molecular weight is 445 g/mol. The van der Waals surface area contributed by atoms with Crippen molar-refractivity contribution in [2.75, 3.05) is 33.3 Å². The maximum absolute atomic E-state index is 5.54. The molecular formula is C25H28N6O2. The van der Waals surface area contributed by atoms with E-state index in [1.807, 2.05) is 28.9 Å². The molecule has 1 unspecified atom stereocenters. The standard InChI is InChI=1S/C25H28N6O2/c1-32-22-11-9-21(10-12-22)24(25-26-27-28-31(25)19-23-8-5-17-33-23)30-15-13-29(14-16-30)18-20-6-3-2-4-7-20/h2-12,17,24H,13-16,18-19H2,1H3. The van der Waals surface area contributed by atoms with E-state index in [2.05, 4.69) is 67.8 Å². The number of hydrogen-bond acceptors (Lipinski definition) is 7. The third-order valence-corrected chi connectivity index (χ3v) is 6.14. The van der Waals surface area contributed by atoms with Gasteiger partial charge < -0.3 is 9.15 Å². The number of ether oxygens (including phenoxy) is 1. The lowest BCUT2D eigenvalue weighted by Gasteiger charge is -2.39. The number of aromatic nitrogens is 4. The summed E-state index contributed by atoms with van der Waals surface area (Å²) in [6.45, 7) is 5.30. The Morgan fingerprint density at radius 3 is 2.39 bits per heavy atom. The lowest BCUT2D eigenvalue weighted by atomic mass is 10.0. The molecule has 1 fully saturated rings. The summed E-state index contributed by atoms with van der Waals surface area (Å²) in [5.74, 6) is 2.47. The summed E-state index contributed by atoms with van der Waals surface area (Å²) in [7, 11) is 1.68.